The van der Waals surface area contributed by atoms with Gasteiger partial charge in [-0.15, -0.1) is 0 Å². The Kier molecular flexibility index (Phi) is 7.93. The van der Waals surface area contributed by atoms with Crippen LogP contribution in [0, 0.1) is 0 Å². The van der Waals surface area contributed by atoms with Gasteiger partial charge in [-0.2, -0.15) is 0 Å². The molecule has 0 saturated carbocycles. The standard InChI is InChI=1S/C15H21NO5/c1-18-13-5-3-12(11-14(13)19-2)4-6-15(17)21-10-9-20-8-7-16/h3-6,11H,7-10,16H2,1-2H3/b6-4+. The first-order chi connectivity index (χ1) is 10.2. The second-order valence-corrected chi connectivity index (χ2v) is 4.02. The fraction of sp³-hybridized carbons (Fsp3) is 0.400. The summed E-state index contributed by atoms with van der Waals surface area (Å²) in [4.78, 5) is 11.5. The van der Waals surface area contributed by atoms with E-state index in [1.54, 1.807) is 32.4 Å². The molecule has 0 aromatic heterocycles. The molecular weight excluding hydrogens is 274 g/mol. The number of rotatable bonds is 9. The van der Waals surface area contributed by atoms with Gasteiger partial charge in [-0.05, 0) is 23.8 Å². The number of nitrogens with two attached hydrogens (primary N) is 1. The lowest BCUT2D eigenvalue weighted by atomic mass is 10.2. The van der Waals surface area contributed by atoms with Crippen LogP contribution in [0.25, 0.3) is 6.08 Å². The number of carbonyl (C=O) groups excluding carboxylic acids is 1. The van der Waals surface area contributed by atoms with Crippen LogP contribution in [-0.4, -0.2) is 46.6 Å². The van der Waals surface area contributed by atoms with Crippen LogP contribution in [0.15, 0.2) is 24.3 Å². The fourth-order valence-corrected chi connectivity index (χ4v) is 1.56. The van der Waals surface area contributed by atoms with Crippen LogP contribution < -0.4 is 15.2 Å². The van der Waals surface area contributed by atoms with Crippen molar-refractivity contribution in [3.8, 4) is 11.5 Å². The van der Waals surface area contributed by atoms with Gasteiger partial charge < -0.3 is 24.7 Å². The smallest absolute Gasteiger partial charge is 0.330 e. The van der Waals surface area contributed by atoms with Crippen molar-refractivity contribution in [1.82, 2.24) is 0 Å². The molecular formula is C15H21NO5. The number of benzene rings is 1. The molecule has 0 fully saturated rings. The summed E-state index contributed by atoms with van der Waals surface area (Å²) in [7, 11) is 3.12. The van der Waals surface area contributed by atoms with Crippen molar-refractivity contribution < 1.29 is 23.7 Å². The van der Waals surface area contributed by atoms with Crippen molar-refractivity contribution in [2.75, 3.05) is 40.6 Å². The predicted octanol–water partition coefficient (Wildman–Crippen LogP) is 1.24. The van der Waals surface area contributed by atoms with Crippen molar-refractivity contribution >= 4 is 12.0 Å². The van der Waals surface area contributed by atoms with Gasteiger partial charge in [0, 0.05) is 12.6 Å². The quantitative estimate of drug-likeness (QED) is 0.419. The fourth-order valence-electron chi connectivity index (χ4n) is 1.56. The molecule has 6 heteroatoms. The molecule has 0 atom stereocenters. The molecule has 0 spiro atoms. The van der Waals surface area contributed by atoms with Crippen LogP contribution in [0.1, 0.15) is 5.56 Å². The summed E-state index contributed by atoms with van der Waals surface area (Å²) in [5.74, 6) is 0.804. The molecule has 0 unspecified atom stereocenters. The van der Waals surface area contributed by atoms with Gasteiger partial charge in [-0.25, -0.2) is 4.79 Å². The lowest BCUT2D eigenvalue weighted by molar-refractivity contribution is -0.139. The van der Waals surface area contributed by atoms with Crippen molar-refractivity contribution in [2.24, 2.45) is 5.73 Å². The van der Waals surface area contributed by atoms with Gasteiger partial charge in [0.25, 0.3) is 0 Å². The molecule has 0 aliphatic carbocycles. The van der Waals surface area contributed by atoms with Gasteiger partial charge in [-0.3, -0.25) is 0 Å². The van der Waals surface area contributed by atoms with Crippen LogP contribution in [0.5, 0.6) is 11.5 Å². The number of hydrogen-bond donors (Lipinski definition) is 1. The molecule has 116 valence electrons. The van der Waals surface area contributed by atoms with Gasteiger partial charge >= 0.3 is 5.97 Å². The van der Waals surface area contributed by atoms with E-state index >= 15 is 0 Å². The summed E-state index contributed by atoms with van der Waals surface area (Å²) in [6, 6.07) is 5.35. The van der Waals surface area contributed by atoms with Crippen LogP contribution in [-0.2, 0) is 14.3 Å². The Hall–Kier alpha value is -2.05. The van der Waals surface area contributed by atoms with Crippen molar-refractivity contribution in [3.63, 3.8) is 0 Å². The van der Waals surface area contributed by atoms with Crippen molar-refractivity contribution in [1.29, 1.82) is 0 Å². The zero-order valence-corrected chi connectivity index (χ0v) is 12.3. The minimum Gasteiger partial charge on any atom is -0.493 e. The maximum Gasteiger partial charge on any atom is 0.330 e. The summed E-state index contributed by atoms with van der Waals surface area (Å²) in [5, 5.41) is 0. The van der Waals surface area contributed by atoms with Crippen molar-refractivity contribution in [3.05, 3.63) is 29.8 Å². The van der Waals surface area contributed by atoms with Gasteiger partial charge in [0.15, 0.2) is 11.5 Å². The second kappa shape index (κ2) is 9.79. The van der Waals surface area contributed by atoms with Gasteiger partial charge in [0.05, 0.1) is 27.4 Å². The average Bonchev–Trinajstić information content (AvgIpc) is 2.52. The topological polar surface area (TPSA) is 80.0 Å². The van der Waals surface area contributed by atoms with E-state index < -0.39 is 5.97 Å². The lowest BCUT2D eigenvalue weighted by Crippen LogP contribution is -2.13. The SMILES string of the molecule is COc1ccc(/C=C/C(=O)OCCOCCN)cc1OC. The van der Waals surface area contributed by atoms with Gasteiger partial charge in [0.1, 0.15) is 6.61 Å². The van der Waals surface area contributed by atoms with E-state index in [1.165, 1.54) is 6.08 Å². The van der Waals surface area contributed by atoms with E-state index in [9.17, 15) is 4.79 Å². The Balaban J connectivity index is 2.46. The van der Waals surface area contributed by atoms with E-state index in [2.05, 4.69) is 0 Å². The van der Waals surface area contributed by atoms with Crippen LogP contribution >= 0.6 is 0 Å². The highest BCUT2D eigenvalue weighted by Gasteiger charge is 2.03. The highest BCUT2D eigenvalue weighted by Crippen LogP contribution is 2.27. The molecule has 0 bridgehead atoms. The molecule has 0 heterocycles. The number of ether oxygens (including phenoxy) is 4. The monoisotopic (exact) mass is 295 g/mol. The average molecular weight is 295 g/mol. The predicted molar refractivity (Wildman–Crippen MR) is 79.4 cm³/mol. The molecule has 1 aromatic carbocycles. The Morgan fingerprint density at radius 3 is 2.57 bits per heavy atom. The molecule has 0 aliphatic heterocycles. The summed E-state index contributed by atoms with van der Waals surface area (Å²) >= 11 is 0. The summed E-state index contributed by atoms with van der Waals surface area (Å²) in [6.45, 7) is 1.45. The summed E-state index contributed by atoms with van der Waals surface area (Å²) in [5.41, 5.74) is 6.07. The Labute approximate surface area is 124 Å². The highest BCUT2D eigenvalue weighted by atomic mass is 16.6. The number of methoxy groups -OCH3 is 2. The highest BCUT2D eigenvalue weighted by molar-refractivity contribution is 5.87. The number of hydrogen-bond acceptors (Lipinski definition) is 6. The van der Waals surface area contributed by atoms with Gasteiger partial charge in [0.2, 0.25) is 0 Å². The minimum atomic E-state index is -0.430. The first-order valence-corrected chi connectivity index (χ1v) is 6.56. The first kappa shape index (κ1) is 17.0. The molecule has 0 saturated heterocycles. The third-order valence-corrected chi connectivity index (χ3v) is 2.55. The molecule has 6 nitrogen and oxygen atoms in total. The van der Waals surface area contributed by atoms with Crippen LogP contribution in [0.4, 0.5) is 0 Å². The van der Waals surface area contributed by atoms with Crippen LogP contribution in [0.2, 0.25) is 0 Å². The lowest BCUT2D eigenvalue weighted by Gasteiger charge is -2.07. The molecule has 2 N–H and O–H groups in total. The van der Waals surface area contributed by atoms with E-state index in [1.807, 2.05) is 6.07 Å². The maximum atomic E-state index is 11.5. The minimum absolute atomic E-state index is 0.203. The maximum absolute atomic E-state index is 11.5. The number of esters is 1. The molecule has 1 aromatic rings. The summed E-state index contributed by atoms with van der Waals surface area (Å²) < 4.78 is 20.4. The van der Waals surface area contributed by atoms with E-state index in [0.717, 1.165) is 5.56 Å². The molecule has 0 aliphatic rings. The number of carbonyl (C=O) groups is 1. The van der Waals surface area contributed by atoms with Crippen LogP contribution in [0.3, 0.4) is 0 Å². The third-order valence-electron chi connectivity index (χ3n) is 2.55. The van der Waals surface area contributed by atoms with E-state index in [4.69, 9.17) is 24.7 Å². The second-order valence-electron chi connectivity index (χ2n) is 4.02. The molecule has 0 amide bonds. The largest absolute Gasteiger partial charge is 0.493 e. The third kappa shape index (κ3) is 6.29. The Morgan fingerprint density at radius 2 is 1.90 bits per heavy atom. The molecule has 21 heavy (non-hydrogen) atoms. The zero-order valence-electron chi connectivity index (χ0n) is 12.3. The van der Waals surface area contributed by atoms with E-state index in [-0.39, 0.29) is 6.61 Å². The molecule has 1 rings (SSSR count). The van der Waals surface area contributed by atoms with E-state index in [0.29, 0.717) is 31.3 Å². The van der Waals surface area contributed by atoms with Crippen molar-refractivity contribution in [2.45, 2.75) is 0 Å². The first-order valence-electron chi connectivity index (χ1n) is 6.56. The zero-order chi connectivity index (χ0) is 15.5. The summed E-state index contributed by atoms with van der Waals surface area (Å²) in [6.07, 6.45) is 3.00. The normalized spacial score (nSPS) is 10.6. The molecule has 0 radical (unpaired) electrons. The van der Waals surface area contributed by atoms with Gasteiger partial charge in [-0.1, -0.05) is 6.07 Å². The Bertz CT molecular complexity index is 473. The Morgan fingerprint density at radius 1 is 1.14 bits per heavy atom.